The lowest BCUT2D eigenvalue weighted by Gasteiger charge is -2.34. The van der Waals surface area contributed by atoms with Crippen LogP contribution in [0, 0.1) is 11.8 Å². The molecule has 5 nitrogen and oxygen atoms in total. The Labute approximate surface area is 154 Å². The molecule has 1 heterocycles. The average molecular weight is 356 g/mol. The zero-order valence-corrected chi connectivity index (χ0v) is 15.8. The topological polar surface area (TPSA) is 60.3 Å². The van der Waals surface area contributed by atoms with Gasteiger partial charge in [0.2, 0.25) is 0 Å². The van der Waals surface area contributed by atoms with E-state index in [-0.39, 0.29) is 24.1 Å². The van der Waals surface area contributed by atoms with Gasteiger partial charge in [-0.2, -0.15) is 0 Å². The fraction of sp³-hybridized carbons (Fsp3) is 0.524. The average Bonchev–Trinajstić information content (AvgIpc) is 2.63. The van der Waals surface area contributed by atoms with Crippen molar-refractivity contribution in [2.75, 3.05) is 6.61 Å². The number of benzene rings is 1. The predicted molar refractivity (Wildman–Crippen MR) is 103 cm³/mol. The van der Waals surface area contributed by atoms with Crippen molar-refractivity contribution in [3.05, 3.63) is 40.7 Å². The fourth-order valence-electron chi connectivity index (χ4n) is 3.93. The second-order valence-electron chi connectivity index (χ2n) is 7.34. The van der Waals surface area contributed by atoms with Crippen LogP contribution in [0.5, 0.6) is 5.75 Å². The van der Waals surface area contributed by atoms with Gasteiger partial charge < -0.3 is 14.6 Å². The summed E-state index contributed by atoms with van der Waals surface area (Å²) < 4.78 is 7.44. The molecule has 3 atom stereocenters. The molecule has 1 fully saturated rings. The predicted octanol–water partition coefficient (Wildman–Crippen LogP) is 3.34. The Morgan fingerprint density at radius 3 is 2.81 bits per heavy atom. The van der Waals surface area contributed by atoms with Gasteiger partial charge in [0.25, 0.3) is 11.5 Å². The van der Waals surface area contributed by atoms with Crippen LogP contribution in [0.25, 0.3) is 10.9 Å². The van der Waals surface area contributed by atoms with Crippen molar-refractivity contribution in [3.8, 4) is 5.75 Å². The summed E-state index contributed by atoms with van der Waals surface area (Å²) >= 11 is 0. The van der Waals surface area contributed by atoms with Crippen LogP contribution >= 0.6 is 0 Å². The molecule has 0 aliphatic heterocycles. The van der Waals surface area contributed by atoms with Crippen LogP contribution in [0.4, 0.5) is 0 Å². The highest BCUT2D eigenvalue weighted by Crippen LogP contribution is 2.29. The fourth-order valence-corrected chi connectivity index (χ4v) is 3.93. The van der Waals surface area contributed by atoms with Gasteiger partial charge in [-0.05, 0) is 37.3 Å². The molecular weight excluding hydrogens is 328 g/mol. The summed E-state index contributed by atoms with van der Waals surface area (Å²) in [4.78, 5) is 24.7. The minimum Gasteiger partial charge on any atom is -0.483 e. The Kier molecular flexibility index (Phi) is 5.64. The Bertz CT molecular complexity index is 843. The van der Waals surface area contributed by atoms with Crippen molar-refractivity contribution in [1.29, 1.82) is 0 Å². The summed E-state index contributed by atoms with van der Waals surface area (Å²) in [6, 6.07) is 9.31. The van der Waals surface area contributed by atoms with Gasteiger partial charge >= 0.3 is 0 Å². The number of ether oxygens (including phenoxy) is 1. The van der Waals surface area contributed by atoms with E-state index in [1.807, 2.05) is 31.2 Å². The molecule has 1 N–H and O–H groups in total. The summed E-state index contributed by atoms with van der Waals surface area (Å²) in [7, 11) is 0. The lowest BCUT2D eigenvalue weighted by atomic mass is 9.78. The second kappa shape index (κ2) is 7.94. The van der Waals surface area contributed by atoms with Crippen LogP contribution < -0.4 is 15.6 Å². The number of nitrogens with one attached hydrogen (secondary N) is 1. The van der Waals surface area contributed by atoms with Gasteiger partial charge in [-0.25, -0.2) is 0 Å². The number of hydrogen-bond acceptors (Lipinski definition) is 3. The molecule has 0 radical (unpaired) electrons. The number of hydrogen-bond donors (Lipinski definition) is 1. The summed E-state index contributed by atoms with van der Waals surface area (Å²) in [5, 5.41) is 3.96. The largest absolute Gasteiger partial charge is 0.483 e. The maximum Gasteiger partial charge on any atom is 0.258 e. The van der Waals surface area contributed by atoms with E-state index in [2.05, 4.69) is 19.2 Å². The third-order valence-corrected chi connectivity index (χ3v) is 5.71. The van der Waals surface area contributed by atoms with Crippen molar-refractivity contribution in [2.24, 2.45) is 11.8 Å². The van der Waals surface area contributed by atoms with Gasteiger partial charge in [-0.15, -0.1) is 0 Å². The van der Waals surface area contributed by atoms with Crippen LogP contribution in [0.3, 0.4) is 0 Å². The number of nitrogens with zero attached hydrogens (tertiary/aromatic N) is 1. The Morgan fingerprint density at radius 1 is 1.27 bits per heavy atom. The van der Waals surface area contributed by atoms with Crippen molar-refractivity contribution in [2.45, 2.75) is 52.6 Å². The maximum atomic E-state index is 12.4. The van der Waals surface area contributed by atoms with E-state index in [0.29, 0.717) is 24.1 Å². The molecule has 1 aliphatic carbocycles. The number of carbonyl (C=O) groups excluding carboxylic acids is 1. The van der Waals surface area contributed by atoms with Crippen LogP contribution in [-0.2, 0) is 11.3 Å². The van der Waals surface area contributed by atoms with Crippen molar-refractivity contribution < 1.29 is 9.53 Å². The van der Waals surface area contributed by atoms with E-state index in [1.165, 1.54) is 12.5 Å². The van der Waals surface area contributed by atoms with E-state index < -0.39 is 0 Å². The summed E-state index contributed by atoms with van der Waals surface area (Å²) in [6.07, 6.45) is 3.40. The van der Waals surface area contributed by atoms with E-state index in [1.54, 1.807) is 4.57 Å². The molecule has 1 aliphatic rings. The number of rotatable bonds is 5. The number of carbonyl (C=O) groups is 1. The Hall–Kier alpha value is -2.30. The van der Waals surface area contributed by atoms with Crippen LogP contribution in [-0.4, -0.2) is 23.1 Å². The molecule has 0 unspecified atom stereocenters. The minimum atomic E-state index is -0.125. The van der Waals surface area contributed by atoms with Crippen LogP contribution in [0.2, 0.25) is 0 Å². The molecule has 1 aromatic heterocycles. The number of amides is 1. The SMILES string of the molecule is CCn1c(=O)cc(OCC(=O)N[C@@H]2CCC[C@@H](C)[C@@H]2C)c2ccccc21. The van der Waals surface area contributed by atoms with Crippen molar-refractivity contribution in [1.82, 2.24) is 9.88 Å². The number of para-hydroxylation sites is 1. The third kappa shape index (κ3) is 3.76. The molecule has 0 saturated heterocycles. The first-order chi connectivity index (χ1) is 12.5. The third-order valence-electron chi connectivity index (χ3n) is 5.71. The highest BCUT2D eigenvalue weighted by Gasteiger charge is 2.28. The maximum absolute atomic E-state index is 12.4. The van der Waals surface area contributed by atoms with E-state index in [0.717, 1.165) is 23.7 Å². The number of aromatic nitrogens is 1. The quantitative estimate of drug-likeness (QED) is 0.894. The monoisotopic (exact) mass is 356 g/mol. The molecule has 1 amide bonds. The van der Waals surface area contributed by atoms with Gasteiger partial charge in [0.1, 0.15) is 5.75 Å². The number of fused-ring (bicyclic) bond motifs is 1. The number of aryl methyl sites for hydroxylation is 1. The van der Waals surface area contributed by atoms with E-state index in [4.69, 9.17) is 4.74 Å². The Morgan fingerprint density at radius 2 is 2.04 bits per heavy atom. The zero-order chi connectivity index (χ0) is 18.7. The molecule has 0 bridgehead atoms. The summed E-state index contributed by atoms with van der Waals surface area (Å²) in [5.41, 5.74) is 0.712. The molecule has 1 aromatic carbocycles. The van der Waals surface area contributed by atoms with E-state index in [9.17, 15) is 9.59 Å². The Balaban J connectivity index is 1.72. The molecule has 1 saturated carbocycles. The molecule has 26 heavy (non-hydrogen) atoms. The van der Waals surface area contributed by atoms with Gasteiger partial charge in [0, 0.05) is 24.0 Å². The molecule has 2 aromatic rings. The minimum absolute atomic E-state index is 0.0722. The lowest BCUT2D eigenvalue weighted by molar-refractivity contribution is -0.124. The van der Waals surface area contributed by atoms with Gasteiger partial charge in [-0.1, -0.05) is 38.8 Å². The van der Waals surface area contributed by atoms with Crippen molar-refractivity contribution in [3.63, 3.8) is 0 Å². The van der Waals surface area contributed by atoms with Crippen LogP contribution in [0.15, 0.2) is 35.1 Å². The molecular formula is C21H28N2O3. The molecule has 5 heteroatoms. The zero-order valence-electron chi connectivity index (χ0n) is 15.8. The summed E-state index contributed by atoms with van der Waals surface area (Å²) in [5.74, 6) is 1.44. The van der Waals surface area contributed by atoms with Gasteiger partial charge in [-0.3, -0.25) is 9.59 Å². The standard InChI is InChI=1S/C21H28N2O3/c1-4-23-18-11-6-5-9-16(18)19(12-21(23)25)26-13-20(24)22-17-10-7-8-14(2)15(17)3/h5-6,9,11-12,14-15,17H,4,7-8,10,13H2,1-3H3,(H,22,24)/t14-,15+,17-/m1/s1. The van der Waals surface area contributed by atoms with Gasteiger partial charge in [0.05, 0.1) is 5.52 Å². The molecule has 3 rings (SSSR count). The van der Waals surface area contributed by atoms with E-state index >= 15 is 0 Å². The molecule has 140 valence electrons. The highest BCUT2D eigenvalue weighted by molar-refractivity contribution is 5.86. The van der Waals surface area contributed by atoms with Gasteiger partial charge in [0.15, 0.2) is 6.61 Å². The summed E-state index contributed by atoms with van der Waals surface area (Å²) in [6.45, 7) is 6.91. The first kappa shape index (κ1) is 18.5. The first-order valence-electron chi connectivity index (χ1n) is 9.56. The smallest absolute Gasteiger partial charge is 0.258 e. The van der Waals surface area contributed by atoms with Crippen molar-refractivity contribution >= 4 is 16.8 Å². The van der Waals surface area contributed by atoms with Crippen LogP contribution in [0.1, 0.15) is 40.0 Å². The lowest BCUT2D eigenvalue weighted by Crippen LogP contribution is -2.45. The normalized spacial score (nSPS) is 23.0. The molecule has 0 spiro atoms. The highest BCUT2D eigenvalue weighted by atomic mass is 16.5. The number of pyridine rings is 1. The second-order valence-corrected chi connectivity index (χ2v) is 7.34. The first-order valence-corrected chi connectivity index (χ1v) is 9.56.